The van der Waals surface area contributed by atoms with Gasteiger partial charge in [0.15, 0.2) is 5.13 Å². The molecule has 2 aromatic rings. The quantitative estimate of drug-likeness (QED) is 0.890. The van der Waals surface area contributed by atoms with Gasteiger partial charge < -0.3 is 10.6 Å². The van der Waals surface area contributed by atoms with Gasteiger partial charge in [-0.05, 0) is 38.4 Å². The van der Waals surface area contributed by atoms with Gasteiger partial charge in [0, 0.05) is 11.4 Å². The van der Waals surface area contributed by atoms with Gasteiger partial charge in [-0.25, -0.2) is 9.97 Å². The van der Waals surface area contributed by atoms with Crippen molar-refractivity contribution in [3.05, 3.63) is 35.0 Å². The molecule has 5 heteroatoms. The third-order valence-corrected chi connectivity index (χ3v) is 3.92. The maximum absolute atomic E-state index is 4.65. The molecule has 2 aromatic heterocycles. The molecule has 94 valence electrons. The predicted molar refractivity (Wildman–Crippen MR) is 74.3 cm³/mol. The maximum atomic E-state index is 4.65. The monoisotopic (exact) mass is 260 g/mol. The van der Waals surface area contributed by atoms with E-state index in [0.29, 0.717) is 6.04 Å². The highest BCUT2D eigenvalue weighted by Gasteiger charge is 2.17. The maximum Gasteiger partial charge on any atom is 0.188 e. The molecule has 0 radical (unpaired) electrons. The molecule has 18 heavy (non-hydrogen) atoms. The van der Waals surface area contributed by atoms with Gasteiger partial charge >= 0.3 is 0 Å². The Kier molecular flexibility index (Phi) is 3.25. The molecule has 0 aliphatic carbocycles. The van der Waals surface area contributed by atoms with Crippen molar-refractivity contribution in [2.24, 2.45) is 0 Å². The van der Waals surface area contributed by atoms with Gasteiger partial charge in [-0.1, -0.05) is 6.07 Å². The van der Waals surface area contributed by atoms with E-state index >= 15 is 0 Å². The second kappa shape index (κ2) is 5.04. The number of hydrogen-bond donors (Lipinski definition) is 2. The van der Waals surface area contributed by atoms with Crippen LogP contribution in [0.25, 0.3) is 0 Å². The van der Waals surface area contributed by atoms with Crippen LogP contribution in [0.5, 0.6) is 0 Å². The van der Waals surface area contributed by atoms with Crippen molar-refractivity contribution >= 4 is 22.3 Å². The molecular weight excluding hydrogens is 244 g/mol. The number of thiazole rings is 1. The van der Waals surface area contributed by atoms with Crippen molar-refractivity contribution in [1.29, 1.82) is 0 Å². The highest BCUT2D eigenvalue weighted by Crippen LogP contribution is 2.24. The summed E-state index contributed by atoms with van der Waals surface area (Å²) in [6.07, 6.45) is 2.41. The van der Waals surface area contributed by atoms with Crippen molar-refractivity contribution in [3.63, 3.8) is 0 Å². The van der Waals surface area contributed by atoms with Crippen LogP contribution >= 0.6 is 11.3 Å². The highest BCUT2D eigenvalue weighted by atomic mass is 32.1. The largest absolute Gasteiger partial charge is 0.316 e. The first-order valence-corrected chi connectivity index (χ1v) is 7.09. The van der Waals surface area contributed by atoms with Crippen LogP contribution in [0, 0.1) is 6.92 Å². The van der Waals surface area contributed by atoms with E-state index in [4.69, 9.17) is 0 Å². The van der Waals surface area contributed by atoms with Crippen LogP contribution in [0.4, 0.5) is 10.9 Å². The fourth-order valence-corrected chi connectivity index (χ4v) is 2.87. The zero-order valence-corrected chi connectivity index (χ0v) is 11.1. The number of hydrogen-bond acceptors (Lipinski definition) is 5. The van der Waals surface area contributed by atoms with Crippen LogP contribution in [0.1, 0.15) is 30.3 Å². The van der Waals surface area contributed by atoms with E-state index in [1.165, 1.54) is 12.8 Å². The second-order valence-electron chi connectivity index (χ2n) is 4.52. The number of pyridine rings is 1. The fourth-order valence-electron chi connectivity index (χ4n) is 2.17. The molecule has 0 amide bonds. The smallest absolute Gasteiger partial charge is 0.188 e. The summed E-state index contributed by atoms with van der Waals surface area (Å²) >= 11 is 1.60. The van der Waals surface area contributed by atoms with Crippen LogP contribution < -0.4 is 10.6 Å². The standard InChI is InChI=1S/C13H16N4S/c1-9-8-18-13(15-9)17-12-6-2-4-11(16-12)10-5-3-7-14-10/h2,4,6,8,10,14H,3,5,7H2,1H3,(H,15,16,17)/t10-/m1/s1. The van der Waals surface area contributed by atoms with Crippen LogP contribution in [0.2, 0.25) is 0 Å². The normalized spacial score (nSPS) is 19.1. The number of nitrogens with one attached hydrogen (secondary N) is 2. The highest BCUT2D eigenvalue weighted by molar-refractivity contribution is 7.13. The summed E-state index contributed by atoms with van der Waals surface area (Å²) in [5.74, 6) is 0.871. The van der Waals surface area contributed by atoms with Crippen LogP contribution in [0.3, 0.4) is 0 Å². The van der Waals surface area contributed by atoms with Crippen molar-refractivity contribution in [2.75, 3.05) is 11.9 Å². The SMILES string of the molecule is Cc1csc(Nc2cccc([C@H]3CCCN3)n2)n1. The fraction of sp³-hybridized carbons (Fsp3) is 0.385. The zero-order chi connectivity index (χ0) is 12.4. The van der Waals surface area contributed by atoms with Crippen LogP contribution in [-0.2, 0) is 0 Å². The first-order chi connectivity index (χ1) is 8.81. The molecule has 4 nitrogen and oxygen atoms in total. The van der Waals surface area contributed by atoms with Gasteiger partial charge in [-0.15, -0.1) is 11.3 Å². The summed E-state index contributed by atoms with van der Waals surface area (Å²) in [6, 6.07) is 6.52. The van der Waals surface area contributed by atoms with Crippen LogP contribution in [0.15, 0.2) is 23.6 Å². The minimum Gasteiger partial charge on any atom is -0.316 e. The van der Waals surface area contributed by atoms with E-state index < -0.39 is 0 Å². The Morgan fingerprint density at radius 3 is 3.06 bits per heavy atom. The van der Waals surface area contributed by atoms with Gasteiger partial charge in [0.1, 0.15) is 5.82 Å². The summed E-state index contributed by atoms with van der Waals surface area (Å²) in [7, 11) is 0. The molecule has 1 saturated heterocycles. The minimum atomic E-state index is 0.407. The molecule has 1 aliphatic rings. The molecule has 1 fully saturated rings. The number of aromatic nitrogens is 2. The van der Waals surface area contributed by atoms with Crippen molar-refractivity contribution in [2.45, 2.75) is 25.8 Å². The Bertz CT molecular complexity index is 531. The molecule has 1 atom stereocenters. The van der Waals surface area contributed by atoms with E-state index in [-0.39, 0.29) is 0 Å². The van der Waals surface area contributed by atoms with Gasteiger partial charge in [-0.3, -0.25) is 0 Å². The lowest BCUT2D eigenvalue weighted by Crippen LogP contribution is -2.14. The first-order valence-electron chi connectivity index (χ1n) is 6.21. The third-order valence-electron chi connectivity index (χ3n) is 3.04. The Morgan fingerprint density at radius 2 is 2.33 bits per heavy atom. The molecule has 0 spiro atoms. The molecule has 1 aliphatic heterocycles. The van der Waals surface area contributed by atoms with E-state index in [0.717, 1.165) is 28.9 Å². The molecule has 0 saturated carbocycles. The summed E-state index contributed by atoms with van der Waals surface area (Å²) < 4.78 is 0. The lowest BCUT2D eigenvalue weighted by molar-refractivity contribution is 0.629. The van der Waals surface area contributed by atoms with E-state index in [9.17, 15) is 0 Å². The summed E-state index contributed by atoms with van der Waals surface area (Å²) in [6.45, 7) is 3.09. The second-order valence-corrected chi connectivity index (χ2v) is 5.37. The molecule has 3 heterocycles. The van der Waals surface area contributed by atoms with Gasteiger partial charge in [0.05, 0.1) is 11.4 Å². The average Bonchev–Trinajstić information content (AvgIpc) is 3.01. The van der Waals surface area contributed by atoms with Gasteiger partial charge in [0.2, 0.25) is 0 Å². The zero-order valence-electron chi connectivity index (χ0n) is 10.3. The van der Waals surface area contributed by atoms with E-state index in [2.05, 4.69) is 26.7 Å². The molecular formula is C13H16N4S. The topological polar surface area (TPSA) is 49.8 Å². The van der Waals surface area contributed by atoms with E-state index in [1.807, 2.05) is 24.4 Å². The molecule has 0 aromatic carbocycles. The minimum absolute atomic E-state index is 0.407. The number of rotatable bonds is 3. The summed E-state index contributed by atoms with van der Waals surface area (Å²) in [5, 5.41) is 9.65. The predicted octanol–water partition coefficient (Wildman–Crippen LogP) is 3.01. The van der Waals surface area contributed by atoms with Gasteiger partial charge in [-0.2, -0.15) is 0 Å². The average molecular weight is 260 g/mol. The molecule has 0 bridgehead atoms. The molecule has 3 rings (SSSR count). The van der Waals surface area contributed by atoms with Crippen LogP contribution in [-0.4, -0.2) is 16.5 Å². The van der Waals surface area contributed by atoms with Crippen molar-refractivity contribution in [1.82, 2.24) is 15.3 Å². The Hall–Kier alpha value is -1.46. The molecule has 2 N–H and O–H groups in total. The number of aryl methyl sites for hydroxylation is 1. The number of anilines is 2. The lowest BCUT2D eigenvalue weighted by atomic mass is 10.1. The number of nitrogens with zero attached hydrogens (tertiary/aromatic N) is 2. The molecule has 0 unspecified atom stereocenters. The first kappa shape index (κ1) is 11.6. The summed E-state index contributed by atoms with van der Waals surface area (Å²) in [5.41, 5.74) is 2.15. The van der Waals surface area contributed by atoms with E-state index in [1.54, 1.807) is 11.3 Å². The Labute approximate surface area is 110 Å². The van der Waals surface area contributed by atoms with Gasteiger partial charge in [0.25, 0.3) is 0 Å². The summed E-state index contributed by atoms with van der Waals surface area (Å²) in [4.78, 5) is 9.04. The Morgan fingerprint density at radius 1 is 1.39 bits per heavy atom. The van der Waals surface area contributed by atoms with Crippen molar-refractivity contribution in [3.8, 4) is 0 Å². The Balaban J connectivity index is 1.78. The third kappa shape index (κ3) is 2.52. The van der Waals surface area contributed by atoms with Crippen molar-refractivity contribution < 1.29 is 0 Å². The lowest BCUT2D eigenvalue weighted by Gasteiger charge is -2.11.